The lowest BCUT2D eigenvalue weighted by Gasteiger charge is -1.93. The van der Waals surface area contributed by atoms with E-state index in [1.54, 1.807) is 0 Å². The molecule has 1 aliphatic heterocycles. The number of allylic oxidation sites excluding steroid dienone is 2. The summed E-state index contributed by atoms with van der Waals surface area (Å²) in [6.45, 7) is 5.87. The molecule has 1 atom stereocenters. The molecule has 1 heteroatoms. The van der Waals surface area contributed by atoms with Crippen LogP contribution in [0.1, 0.15) is 26.2 Å². The van der Waals surface area contributed by atoms with E-state index in [4.69, 9.17) is 0 Å². The minimum atomic E-state index is 0.128. The first-order chi connectivity index (χ1) is 5.36. The number of hydrogen-bond donors (Lipinski definition) is 0. The molecule has 0 aromatic carbocycles. The summed E-state index contributed by atoms with van der Waals surface area (Å²) >= 11 is 0. The van der Waals surface area contributed by atoms with Gasteiger partial charge in [-0.2, -0.15) is 0 Å². The zero-order chi connectivity index (χ0) is 8.10. The lowest BCUT2D eigenvalue weighted by Crippen LogP contribution is -1.74. The van der Waals surface area contributed by atoms with E-state index >= 15 is 0 Å². The molecule has 0 nitrogen and oxygen atoms in total. The molecule has 0 bridgehead atoms. The van der Waals surface area contributed by atoms with Crippen LogP contribution in [-0.4, -0.2) is 5.02 Å². The Labute approximate surface area is 71.2 Å². The summed E-state index contributed by atoms with van der Waals surface area (Å²) in [6, 6.07) is 0. The molecule has 0 aromatic heterocycles. The van der Waals surface area contributed by atoms with E-state index in [0.29, 0.717) is 0 Å². The van der Waals surface area contributed by atoms with Crippen LogP contribution in [0.25, 0.3) is 0 Å². The second kappa shape index (κ2) is 4.38. The van der Waals surface area contributed by atoms with Crippen molar-refractivity contribution in [3.63, 3.8) is 0 Å². The van der Waals surface area contributed by atoms with Crippen molar-refractivity contribution in [2.75, 3.05) is 0 Å². The highest BCUT2D eigenvalue weighted by Gasteiger charge is 1.98. The average Bonchev–Trinajstić information content (AvgIpc) is 2.48. The topological polar surface area (TPSA) is 0 Å². The number of rotatable bonds is 3. The molecule has 60 valence electrons. The Morgan fingerprint density at radius 3 is 3.00 bits per heavy atom. The second-order valence-electron chi connectivity index (χ2n) is 2.62. The maximum Gasteiger partial charge on any atom is -0.0201 e. The molecule has 0 radical (unpaired) electrons. The molecule has 0 amide bonds. The maximum atomic E-state index is 3.65. The molecule has 0 N–H and O–H groups in total. The molecule has 0 fully saturated rings. The average molecular weight is 166 g/mol. The highest BCUT2D eigenvalue weighted by Crippen LogP contribution is 2.27. The van der Waals surface area contributed by atoms with Gasteiger partial charge >= 0.3 is 0 Å². The first-order valence-electron chi connectivity index (χ1n) is 4.00. The Bertz CT molecular complexity index is 240. The third kappa shape index (κ3) is 2.53. The van der Waals surface area contributed by atoms with Crippen molar-refractivity contribution in [3.05, 3.63) is 29.0 Å². The summed E-state index contributed by atoms with van der Waals surface area (Å²) < 4.78 is 0. The van der Waals surface area contributed by atoms with Crippen LogP contribution >= 0.6 is 10.5 Å². The lowest BCUT2D eigenvalue weighted by atomic mass is 10.1. The van der Waals surface area contributed by atoms with Crippen LogP contribution in [-0.2, 0) is 0 Å². The zero-order valence-electron chi connectivity index (χ0n) is 6.97. The summed E-state index contributed by atoms with van der Waals surface area (Å²) in [5, 5.41) is 7.43. The lowest BCUT2D eigenvalue weighted by molar-refractivity contribution is 0.799. The SMILES string of the molecule is C=C=S1C=CC(CCCC)=C1. The van der Waals surface area contributed by atoms with Crippen molar-refractivity contribution in [2.45, 2.75) is 26.2 Å². The Balaban J connectivity index is 2.51. The van der Waals surface area contributed by atoms with Gasteiger partial charge in [-0.25, -0.2) is 0 Å². The predicted molar refractivity (Wildman–Crippen MR) is 55.0 cm³/mol. The fourth-order valence-electron chi connectivity index (χ4n) is 1.02. The Kier molecular flexibility index (Phi) is 3.41. The van der Waals surface area contributed by atoms with E-state index in [1.165, 1.54) is 24.8 Å². The first-order valence-corrected chi connectivity index (χ1v) is 5.35. The summed E-state index contributed by atoms with van der Waals surface area (Å²) in [5.74, 6) is 0. The van der Waals surface area contributed by atoms with Gasteiger partial charge in [0.25, 0.3) is 0 Å². The van der Waals surface area contributed by atoms with Gasteiger partial charge in [0, 0.05) is 0 Å². The first kappa shape index (κ1) is 8.58. The number of hydrogen-bond acceptors (Lipinski definition) is 0. The van der Waals surface area contributed by atoms with Crippen molar-refractivity contribution >= 4 is 15.5 Å². The van der Waals surface area contributed by atoms with Crippen molar-refractivity contribution in [1.82, 2.24) is 0 Å². The molecule has 0 aromatic rings. The van der Waals surface area contributed by atoms with E-state index in [-0.39, 0.29) is 10.5 Å². The van der Waals surface area contributed by atoms with Gasteiger partial charge < -0.3 is 0 Å². The smallest absolute Gasteiger partial charge is 0.0201 e. The summed E-state index contributed by atoms with van der Waals surface area (Å²) in [5.41, 5.74) is 1.46. The summed E-state index contributed by atoms with van der Waals surface area (Å²) in [6.07, 6.45) is 6.00. The van der Waals surface area contributed by atoms with Crippen LogP contribution in [0.4, 0.5) is 0 Å². The molecule has 1 rings (SSSR count). The molecular formula is C10H14S. The van der Waals surface area contributed by atoms with Crippen LogP contribution < -0.4 is 0 Å². The Morgan fingerprint density at radius 1 is 1.64 bits per heavy atom. The molecule has 1 unspecified atom stereocenters. The van der Waals surface area contributed by atoms with Gasteiger partial charge in [0.2, 0.25) is 0 Å². The van der Waals surface area contributed by atoms with Gasteiger partial charge in [-0.15, -0.1) is 0 Å². The minimum absolute atomic E-state index is 0.128. The maximum absolute atomic E-state index is 3.65. The molecular weight excluding hydrogens is 152 g/mol. The standard InChI is InChI=1S/C10H14S/c1-3-5-6-10-7-8-11(4-2)9-10/h7-9H,2-3,5-6H2,1H3. The van der Waals surface area contributed by atoms with E-state index in [2.05, 4.69) is 35.4 Å². The van der Waals surface area contributed by atoms with Crippen molar-refractivity contribution < 1.29 is 0 Å². The monoisotopic (exact) mass is 166 g/mol. The van der Waals surface area contributed by atoms with Crippen molar-refractivity contribution in [1.29, 1.82) is 0 Å². The van der Waals surface area contributed by atoms with Crippen molar-refractivity contribution in [2.24, 2.45) is 0 Å². The van der Waals surface area contributed by atoms with E-state index in [0.717, 1.165) is 0 Å². The molecule has 1 aliphatic rings. The predicted octanol–water partition coefficient (Wildman–Crippen LogP) is 3.44. The quantitative estimate of drug-likeness (QED) is 0.563. The third-order valence-electron chi connectivity index (χ3n) is 1.69. The summed E-state index contributed by atoms with van der Waals surface area (Å²) in [7, 11) is 0.128. The molecule has 0 spiro atoms. The van der Waals surface area contributed by atoms with Crippen LogP contribution in [0.5, 0.6) is 0 Å². The highest BCUT2D eigenvalue weighted by atomic mass is 32.2. The molecule has 0 aliphatic carbocycles. The third-order valence-corrected chi connectivity index (χ3v) is 3.01. The fraction of sp³-hybridized carbons (Fsp3) is 0.400. The minimum Gasteiger partial charge on any atom is -0.0951 e. The van der Waals surface area contributed by atoms with E-state index in [1.807, 2.05) is 0 Å². The number of unbranched alkanes of at least 4 members (excludes halogenated alkanes) is 1. The second-order valence-corrected chi connectivity index (χ2v) is 4.16. The van der Waals surface area contributed by atoms with Crippen LogP contribution in [0.15, 0.2) is 29.0 Å². The van der Waals surface area contributed by atoms with Gasteiger partial charge in [0.15, 0.2) is 0 Å². The highest BCUT2D eigenvalue weighted by molar-refractivity contribution is 8.19. The molecule has 1 heterocycles. The van der Waals surface area contributed by atoms with Gasteiger partial charge in [0.1, 0.15) is 0 Å². The molecule has 0 saturated heterocycles. The van der Waals surface area contributed by atoms with Gasteiger partial charge in [0.05, 0.1) is 0 Å². The normalized spacial score (nSPS) is 21.5. The van der Waals surface area contributed by atoms with Gasteiger partial charge in [-0.1, -0.05) is 34.9 Å². The van der Waals surface area contributed by atoms with Crippen LogP contribution in [0.2, 0.25) is 0 Å². The van der Waals surface area contributed by atoms with Gasteiger partial charge in [-0.05, 0) is 35.8 Å². The molecule has 0 saturated carbocycles. The van der Waals surface area contributed by atoms with Crippen molar-refractivity contribution in [3.8, 4) is 0 Å². The fourth-order valence-corrected chi connectivity index (χ4v) is 2.12. The van der Waals surface area contributed by atoms with Gasteiger partial charge in [-0.3, -0.25) is 0 Å². The van der Waals surface area contributed by atoms with E-state index < -0.39 is 0 Å². The largest absolute Gasteiger partial charge is 0.0951 e. The van der Waals surface area contributed by atoms with E-state index in [9.17, 15) is 0 Å². The van der Waals surface area contributed by atoms with Crippen LogP contribution in [0.3, 0.4) is 0 Å². The Hall–Kier alpha value is -0.520. The Morgan fingerprint density at radius 2 is 2.45 bits per heavy atom. The zero-order valence-corrected chi connectivity index (χ0v) is 7.79. The molecule has 11 heavy (non-hydrogen) atoms. The summed E-state index contributed by atoms with van der Waals surface area (Å²) in [4.78, 5) is 0. The van der Waals surface area contributed by atoms with Crippen LogP contribution in [0, 0.1) is 0 Å².